The highest BCUT2D eigenvalue weighted by atomic mass is 16.1. The van der Waals surface area contributed by atoms with Crippen LogP contribution in [0.15, 0.2) is 91.0 Å². The lowest BCUT2D eigenvalue weighted by molar-refractivity contribution is -0.115. The van der Waals surface area contributed by atoms with Crippen molar-refractivity contribution in [2.24, 2.45) is 0 Å². The molecule has 0 heterocycles. The molecule has 1 amide bonds. The fraction of sp³-hybridized carbons (Fsp3) is 0.0870. The van der Waals surface area contributed by atoms with Gasteiger partial charge in [-0.05, 0) is 29.2 Å². The number of hydrogen-bond acceptors (Lipinski definition) is 1. The highest BCUT2D eigenvalue weighted by molar-refractivity contribution is 6.24. The molecule has 2 heteroatoms. The van der Waals surface area contributed by atoms with Crippen molar-refractivity contribution in [3.63, 3.8) is 0 Å². The van der Waals surface area contributed by atoms with Crippen molar-refractivity contribution in [2.45, 2.75) is 6.42 Å². The molecule has 0 spiro atoms. The maximum absolute atomic E-state index is 12.8. The molecule has 0 atom stereocenters. The van der Waals surface area contributed by atoms with Gasteiger partial charge in [-0.3, -0.25) is 4.79 Å². The minimum absolute atomic E-state index is 0.0500. The normalized spacial score (nSPS) is 11.1. The highest BCUT2D eigenvalue weighted by Crippen LogP contribution is 2.18. The van der Waals surface area contributed by atoms with Gasteiger partial charge in [0.05, 0.1) is 0 Å². The van der Waals surface area contributed by atoms with Crippen LogP contribution in [0.2, 0.25) is 0 Å². The number of carbonyl (C=O) groups excluding carboxylic acids is 1. The van der Waals surface area contributed by atoms with E-state index >= 15 is 0 Å². The summed E-state index contributed by atoms with van der Waals surface area (Å²) in [6, 6.07) is 29.9. The molecular weight excluding hydrogens is 306 g/mol. The van der Waals surface area contributed by atoms with Crippen molar-refractivity contribution >= 4 is 17.6 Å². The molecule has 0 saturated heterocycles. The van der Waals surface area contributed by atoms with Crippen molar-refractivity contribution in [1.82, 2.24) is 5.32 Å². The van der Waals surface area contributed by atoms with E-state index in [2.05, 4.69) is 17.4 Å². The number of amides is 1. The first-order valence-electron chi connectivity index (χ1n) is 8.47. The van der Waals surface area contributed by atoms with E-state index in [0.29, 0.717) is 12.1 Å². The van der Waals surface area contributed by atoms with Crippen molar-refractivity contribution in [3.05, 3.63) is 108 Å². The first-order valence-corrected chi connectivity index (χ1v) is 8.47. The van der Waals surface area contributed by atoms with E-state index in [0.717, 1.165) is 17.5 Å². The maximum atomic E-state index is 12.8. The Morgan fingerprint density at radius 2 is 1.32 bits per heavy atom. The molecule has 0 bridgehead atoms. The number of nitrogens with one attached hydrogen (secondary N) is 1. The Kier molecular flexibility index (Phi) is 5.78. The number of hydrogen-bond donors (Lipinski definition) is 1. The van der Waals surface area contributed by atoms with Crippen LogP contribution in [-0.2, 0) is 11.2 Å². The number of rotatable bonds is 6. The van der Waals surface area contributed by atoms with E-state index in [-0.39, 0.29) is 5.91 Å². The maximum Gasteiger partial charge on any atom is 0.251 e. The van der Waals surface area contributed by atoms with Crippen molar-refractivity contribution in [3.8, 4) is 0 Å². The lowest BCUT2D eigenvalue weighted by Gasteiger charge is -2.10. The van der Waals surface area contributed by atoms with Crippen LogP contribution in [0.4, 0.5) is 0 Å². The van der Waals surface area contributed by atoms with Gasteiger partial charge in [-0.25, -0.2) is 0 Å². The summed E-state index contributed by atoms with van der Waals surface area (Å²) in [4.78, 5) is 12.8. The Balaban J connectivity index is 1.75. The van der Waals surface area contributed by atoms with E-state index in [1.54, 1.807) is 0 Å². The molecule has 25 heavy (non-hydrogen) atoms. The summed E-state index contributed by atoms with van der Waals surface area (Å²) < 4.78 is 0. The van der Waals surface area contributed by atoms with Crippen LogP contribution in [0, 0.1) is 0 Å². The van der Waals surface area contributed by atoms with Gasteiger partial charge in [0.25, 0.3) is 5.91 Å². The summed E-state index contributed by atoms with van der Waals surface area (Å²) in [6.07, 6.45) is 2.76. The summed E-state index contributed by atoms with van der Waals surface area (Å²) in [6.45, 7) is 0.613. The summed E-state index contributed by atoms with van der Waals surface area (Å²) >= 11 is 0. The quantitative estimate of drug-likeness (QED) is 0.521. The summed E-state index contributed by atoms with van der Waals surface area (Å²) in [5, 5.41) is 3.04. The van der Waals surface area contributed by atoms with E-state index in [1.807, 2.05) is 84.9 Å². The van der Waals surface area contributed by atoms with Gasteiger partial charge in [0.15, 0.2) is 0 Å². The first kappa shape index (κ1) is 16.7. The topological polar surface area (TPSA) is 29.1 Å². The van der Waals surface area contributed by atoms with Crippen LogP contribution in [-0.4, -0.2) is 12.5 Å². The molecule has 3 aromatic rings. The summed E-state index contributed by atoms with van der Waals surface area (Å²) in [5.74, 6) is -0.0500. The molecule has 0 radical (unpaired) electrons. The zero-order valence-corrected chi connectivity index (χ0v) is 14.1. The smallest absolute Gasteiger partial charge is 0.251 e. The molecule has 0 saturated carbocycles. The molecule has 0 aliphatic carbocycles. The van der Waals surface area contributed by atoms with Crippen molar-refractivity contribution in [1.29, 1.82) is 0 Å². The molecule has 0 fully saturated rings. The third-order valence-corrected chi connectivity index (χ3v) is 3.98. The standard InChI is InChI=1S/C23H21NO/c25-23(24-17-16-19-10-4-1-5-11-19)22(21-14-8-3-9-15-21)18-20-12-6-2-7-13-20/h1-15,18H,16-17H2,(H,24,25)/b22-18-. The summed E-state index contributed by atoms with van der Waals surface area (Å²) in [7, 11) is 0. The van der Waals surface area contributed by atoms with E-state index in [4.69, 9.17) is 0 Å². The molecule has 1 N–H and O–H groups in total. The molecule has 3 aromatic carbocycles. The third-order valence-electron chi connectivity index (χ3n) is 3.98. The molecule has 2 nitrogen and oxygen atoms in total. The fourth-order valence-corrected chi connectivity index (χ4v) is 2.67. The van der Waals surface area contributed by atoms with Gasteiger partial charge < -0.3 is 5.32 Å². The Labute approximate surface area is 148 Å². The summed E-state index contributed by atoms with van der Waals surface area (Å²) in [5.41, 5.74) is 3.83. The van der Waals surface area contributed by atoms with E-state index in [9.17, 15) is 4.79 Å². The van der Waals surface area contributed by atoms with Gasteiger partial charge in [0.2, 0.25) is 0 Å². The molecule has 3 rings (SSSR count). The second-order valence-electron chi connectivity index (χ2n) is 5.83. The first-order chi connectivity index (χ1) is 12.3. The average molecular weight is 327 g/mol. The molecular formula is C23H21NO. The predicted molar refractivity (Wildman–Crippen MR) is 104 cm³/mol. The van der Waals surface area contributed by atoms with Gasteiger partial charge in [-0.15, -0.1) is 0 Å². The zero-order chi connectivity index (χ0) is 17.3. The van der Waals surface area contributed by atoms with E-state index < -0.39 is 0 Å². The minimum Gasteiger partial charge on any atom is -0.352 e. The van der Waals surface area contributed by atoms with Gasteiger partial charge in [-0.1, -0.05) is 91.0 Å². The van der Waals surface area contributed by atoms with Crippen LogP contribution >= 0.6 is 0 Å². The molecule has 0 aliphatic heterocycles. The van der Waals surface area contributed by atoms with Crippen LogP contribution in [0.1, 0.15) is 16.7 Å². The predicted octanol–water partition coefficient (Wildman–Crippen LogP) is 4.59. The van der Waals surface area contributed by atoms with Gasteiger partial charge in [0, 0.05) is 12.1 Å². The van der Waals surface area contributed by atoms with Gasteiger partial charge in [-0.2, -0.15) is 0 Å². The third kappa shape index (κ3) is 4.92. The molecule has 0 aliphatic rings. The lowest BCUT2D eigenvalue weighted by atomic mass is 10.0. The second-order valence-corrected chi connectivity index (χ2v) is 5.83. The highest BCUT2D eigenvalue weighted by Gasteiger charge is 2.11. The van der Waals surface area contributed by atoms with Gasteiger partial charge in [0.1, 0.15) is 0 Å². The zero-order valence-electron chi connectivity index (χ0n) is 14.1. The second kappa shape index (κ2) is 8.65. The Bertz CT molecular complexity index is 824. The van der Waals surface area contributed by atoms with E-state index in [1.165, 1.54) is 5.56 Å². The molecule has 0 aromatic heterocycles. The number of benzene rings is 3. The van der Waals surface area contributed by atoms with Crippen LogP contribution in [0.25, 0.3) is 11.6 Å². The Morgan fingerprint density at radius 3 is 1.96 bits per heavy atom. The van der Waals surface area contributed by atoms with Gasteiger partial charge >= 0.3 is 0 Å². The van der Waals surface area contributed by atoms with Crippen molar-refractivity contribution < 1.29 is 4.79 Å². The Hall–Kier alpha value is -3.13. The Morgan fingerprint density at radius 1 is 0.760 bits per heavy atom. The minimum atomic E-state index is -0.0500. The van der Waals surface area contributed by atoms with Crippen molar-refractivity contribution in [2.75, 3.05) is 6.54 Å². The van der Waals surface area contributed by atoms with Crippen LogP contribution in [0.5, 0.6) is 0 Å². The largest absolute Gasteiger partial charge is 0.352 e. The lowest BCUT2D eigenvalue weighted by Crippen LogP contribution is -2.26. The van der Waals surface area contributed by atoms with Crippen LogP contribution < -0.4 is 5.32 Å². The molecule has 0 unspecified atom stereocenters. The number of carbonyl (C=O) groups is 1. The fourth-order valence-electron chi connectivity index (χ4n) is 2.67. The SMILES string of the molecule is O=C(NCCc1ccccc1)/C(=C\c1ccccc1)c1ccccc1. The monoisotopic (exact) mass is 327 g/mol. The average Bonchev–Trinajstić information content (AvgIpc) is 2.68. The molecule has 124 valence electrons. The van der Waals surface area contributed by atoms with Crippen LogP contribution in [0.3, 0.4) is 0 Å².